The summed E-state index contributed by atoms with van der Waals surface area (Å²) < 4.78 is 0. The Balaban J connectivity index is 1.44. The van der Waals surface area contributed by atoms with E-state index < -0.39 is 0 Å². The van der Waals surface area contributed by atoms with Gasteiger partial charge in [-0.3, -0.25) is 0 Å². The lowest BCUT2D eigenvalue weighted by atomic mass is 10.1. The molecule has 2 aliphatic rings. The second kappa shape index (κ2) is 4.48. The van der Waals surface area contributed by atoms with Crippen LogP contribution in [0, 0.1) is 17.8 Å². The highest BCUT2D eigenvalue weighted by molar-refractivity contribution is 4.90. The minimum Gasteiger partial charge on any atom is -0.0654 e. The van der Waals surface area contributed by atoms with Gasteiger partial charge in [0, 0.05) is 0 Å². The largest absolute Gasteiger partial charge is 0.0654 e. The molecule has 2 rings (SSSR count). The zero-order valence-electron chi connectivity index (χ0n) is 9.10. The van der Waals surface area contributed by atoms with Crippen molar-refractivity contribution < 1.29 is 0 Å². The molecule has 0 spiro atoms. The first-order valence-electron chi connectivity index (χ1n) is 6.40. The second-order valence-corrected chi connectivity index (χ2v) is 5.28. The van der Waals surface area contributed by atoms with Crippen molar-refractivity contribution in [1.82, 2.24) is 0 Å². The SMILES string of the molecule is CCCCCC[C@@H]1C[C@H]1CC1CC1. The molecule has 0 aromatic heterocycles. The molecule has 0 radical (unpaired) electrons. The Labute approximate surface area is 83.1 Å². The van der Waals surface area contributed by atoms with Gasteiger partial charge in [-0.15, -0.1) is 0 Å². The smallest absolute Gasteiger partial charge is 0.0380 e. The Morgan fingerprint density at radius 3 is 2.54 bits per heavy atom. The number of unbranched alkanes of at least 4 members (excludes halogenated alkanes) is 3. The van der Waals surface area contributed by atoms with Gasteiger partial charge in [-0.25, -0.2) is 0 Å². The summed E-state index contributed by atoms with van der Waals surface area (Å²) in [6.07, 6.45) is 13.7. The van der Waals surface area contributed by atoms with Crippen molar-refractivity contribution in [2.75, 3.05) is 0 Å². The minimum absolute atomic E-state index is 1.16. The highest BCUT2D eigenvalue weighted by Gasteiger charge is 2.39. The van der Waals surface area contributed by atoms with Gasteiger partial charge in [-0.2, -0.15) is 0 Å². The molecular weight excluding hydrogens is 156 g/mol. The Bertz CT molecular complexity index is 146. The van der Waals surface area contributed by atoms with Crippen LogP contribution in [0.15, 0.2) is 0 Å². The summed E-state index contributed by atoms with van der Waals surface area (Å²) in [5, 5.41) is 0. The molecule has 2 saturated carbocycles. The average Bonchev–Trinajstić information content (AvgIpc) is 3.00. The molecular formula is C13H24. The lowest BCUT2D eigenvalue weighted by Crippen LogP contribution is -1.86. The molecule has 0 aliphatic heterocycles. The zero-order chi connectivity index (χ0) is 9.10. The van der Waals surface area contributed by atoms with E-state index in [1.807, 2.05) is 0 Å². The van der Waals surface area contributed by atoms with Crippen LogP contribution in [0.25, 0.3) is 0 Å². The van der Waals surface area contributed by atoms with Gasteiger partial charge in [-0.1, -0.05) is 51.9 Å². The van der Waals surface area contributed by atoms with Gasteiger partial charge in [-0.05, 0) is 30.6 Å². The Hall–Kier alpha value is 0. The van der Waals surface area contributed by atoms with Crippen LogP contribution in [0.4, 0.5) is 0 Å². The van der Waals surface area contributed by atoms with Crippen molar-refractivity contribution in [3.63, 3.8) is 0 Å². The molecule has 0 heterocycles. The van der Waals surface area contributed by atoms with Gasteiger partial charge in [0.25, 0.3) is 0 Å². The third-order valence-electron chi connectivity index (χ3n) is 3.83. The molecule has 0 unspecified atom stereocenters. The quantitative estimate of drug-likeness (QED) is 0.510. The van der Waals surface area contributed by atoms with Gasteiger partial charge in [0.1, 0.15) is 0 Å². The van der Waals surface area contributed by atoms with Crippen molar-refractivity contribution in [2.45, 2.75) is 64.7 Å². The van der Waals surface area contributed by atoms with E-state index >= 15 is 0 Å². The molecule has 0 N–H and O–H groups in total. The second-order valence-electron chi connectivity index (χ2n) is 5.28. The average molecular weight is 180 g/mol. The first-order chi connectivity index (χ1) is 6.40. The first-order valence-corrected chi connectivity index (χ1v) is 6.40. The molecule has 0 aromatic carbocycles. The van der Waals surface area contributed by atoms with E-state index in [2.05, 4.69) is 6.92 Å². The first kappa shape index (κ1) is 9.55. The number of hydrogen-bond donors (Lipinski definition) is 0. The standard InChI is InChI=1S/C13H24/c1-2-3-4-5-6-12-10-13(12)9-11-7-8-11/h11-13H,2-10H2,1H3/t12-,13-/m1/s1. The lowest BCUT2D eigenvalue weighted by molar-refractivity contribution is 0.536. The maximum absolute atomic E-state index is 2.30. The van der Waals surface area contributed by atoms with Crippen molar-refractivity contribution in [1.29, 1.82) is 0 Å². The predicted octanol–water partition coefficient (Wildman–Crippen LogP) is 4.39. The van der Waals surface area contributed by atoms with E-state index in [4.69, 9.17) is 0 Å². The fraction of sp³-hybridized carbons (Fsp3) is 1.00. The van der Waals surface area contributed by atoms with Gasteiger partial charge in [0.2, 0.25) is 0 Å². The molecule has 2 atom stereocenters. The molecule has 2 aliphatic carbocycles. The molecule has 0 nitrogen and oxygen atoms in total. The highest BCUT2D eigenvalue weighted by Crippen LogP contribution is 2.50. The molecule has 13 heavy (non-hydrogen) atoms. The van der Waals surface area contributed by atoms with Crippen molar-refractivity contribution in [2.24, 2.45) is 17.8 Å². The van der Waals surface area contributed by atoms with Crippen LogP contribution in [0.3, 0.4) is 0 Å². The summed E-state index contributed by atoms with van der Waals surface area (Å²) in [6, 6.07) is 0. The van der Waals surface area contributed by atoms with Crippen LogP contribution in [0.1, 0.15) is 64.7 Å². The molecule has 0 saturated heterocycles. The molecule has 2 fully saturated rings. The Kier molecular flexibility index (Phi) is 3.29. The van der Waals surface area contributed by atoms with E-state index in [0.29, 0.717) is 0 Å². The van der Waals surface area contributed by atoms with Crippen LogP contribution in [0.2, 0.25) is 0 Å². The van der Waals surface area contributed by atoms with E-state index in [-0.39, 0.29) is 0 Å². The van der Waals surface area contributed by atoms with Crippen molar-refractivity contribution in [3.8, 4) is 0 Å². The van der Waals surface area contributed by atoms with Crippen molar-refractivity contribution in [3.05, 3.63) is 0 Å². The van der Waals surface area contributed by atoms with Crippen LogP contribution >= 0.6 is 0 Å². The monoisotopic (exact) mass is 180 g/mol. The van der Waals surface area contributed by atoms with Crippen molar-refractivity contribution >= 4 is 0 Å². The molecule has 0 amide bonds. The fourth-order valence-corrected chi connectivity index (χ4v) is 2.57. The van der Waals surface area contributed by atoms with Crippen LogP contribution < -0.4 is 0 Å². The molecule has 76 valence electrons. The van der Waals surface area contributed by atoms with E-state index in [9.17, 15) is 0 Å². The summed E-state index contributed by atoms with van der Waals surface area (Å²) in [4.78, 5) is 0. The third kappa shape index (κ3) is 3.32. The number of hydrogen-bond acceptors (Lipinski definition) is 0. The van der Waals surface area contributed by atoms with Gasteiger partial charge in [0.15, 0.2) is 0 Å². The van der Waals surface area contributed by atoms with E-state index in [1.54, 1.807) is 32.1 Å². The Morgan fingerprint density at radius 2 is 1.85 bits per heavy atom. The van der Waals surface area contributed by atoms with Gasteiger partial charge < -0.3 is 0 Å². The number of rotatable bonds is 7. The topological polar surface area (TPSA) is 0 Å². The minimum atomic E-state index is 1.16. The summed E-state index contributed by atoms with van der Waals surface area (Å²) >= 11 is 0. The van der Waals surface area contributed by atoms with E-state index in [0.717, 1.165) is 5.92 Å². The Morgan fingerprint density at radius 1 is 1.00 bits per heavy atom. The van der Waals surface area contributed by atoms with E-state index in [1.165, 1.54) is 37.5 Å². The predicted molar refractivity (Wildman–Crippen MR) is 57.7 cm³/mol. The fourth-order valence-electron chi connectivity index (χ4n) is 2.57. The third-order valence-corrected chi connectivity index (χ3v) is 3.83. The van der Waals surface area contributed by atoms with Gasteiger partial charge >= 0.3 is 0 Å². The normalized spacial score (nSPS) is 32.1. The van der Waals surface area contributed by atoms with Crippen LogP contribution in [0.5, 0.6) is 0 Å². The summed E-state index contributed by atoms with van der Waals surface area (Å²) in [5.41, 5.74) is 0. The highest BCUT2D eigenvalue weighted by atomic mass is 14.4. The maximum atomic E-state index is 2.30. The molecule has 0 bridgehead atoms. The summed E-state index contributed by atoms with van der Waals surface area (Å²) in [5.74, 6) is 3.51. The van der Waals surface area contributed by atoms with Gasteiger partial charge in [0.05, 0.1) is 0 Å². The molecule has 0 aromatic rings. The molecule has 0 heteroatoms. The summed E-state index contributed by atoms with van der Waals surface area (Å²) in [6.45, 7) is 2.30. The summed E-state index contributed by atoms with van der Waals surface area (Å²) in [7, 11) is 0. The zero-order valence-corrected chi connectivity index (χ0v) is 9.10. The van der Waals surface area contributed by atoms with Crippen LogP contribution in [-0.4, -0.2) is 0 Å². The maximum Gasteiger partial charge on any atom is -0.0380 e. The lowest BCUT2D eigenvalue weighted by Gasteiger charge is -1.99. The van der Waals surface area contributed by atoms with Crippen LogP contribution in [-0.2, 0) is 0 Å².